The van der Waals surface area contributed by atoms with Gasteiger partial charge in [-0.3, -0.25) is 0 Å². The van der Waals surface area contributed by atoms with E-state index in [0.29, 0.717) is 29.9 Å². The molecule has 1 aliphatic rings. The normalized spacial score (nSPS) is 20.4. The smallest absolute Gasteiger partial charge is 0.179 e. The molecule has 6 heteroatoms. The number of nitrogens with zero attached hydrogens (tertiary/aromatic N) is 1. The molecule has 2 aromatic carbocycles. The van der Waals surface area contributed by atoms with Crippen LogP contribution in [-0.4, -0.2) is 46.1 Å². The summed E-state index contributed by atoms with van der Waals surface area (Å²) in [7, 11) is 0.314. The fraction of sp³-hybridized carbons (Fsp3) is 0.600. The third-order valence-corrected chi connectivity index (χ3v) is 9.66. The van der Waals surface area contributed by atoms with Gasteiger partial charge in [-0.05, 0) is 60.7 Å². The second-order valence-corrected chi connectivity index (χ2v) is 12.6. The molecule has 3 rings (SSSR count). The minimum atomic E-state index is -3.59. The van der Waals surface area contributed by atoms with Crippen molar-refractivity contribution < 1.29 is 18.3 Å². The molecule has 1 heterocycles. The Balaban J connectivity index is 2.19. The van der Waals surface area contributed by atoms with Gasteiger partial charge in [0.15, 0.2) is 9.84 Å². The summed E-state index contributed by atoms with van der Waals surface area (Å²) in [6.07, 6.45) is 6.39. The number of anilines is 1. The van der Waals surface area contributed by atoms with Crippen LogP contribution in [0.4, 0.5) is 5.69 Å². The van der Waals surface area contributed by atoms with Crippen LogP contribution in [0.1, 0.15) is 89.2 Å². The lowest BCUT2D eigenvalue weighted by molar-refractivity contribution is 0.0127. The molecule has 5 nitrogen and oxygen atoms in total. The lowest BCUT2D eigenvalue weighted by Gasteiger charge is -2.40. The second-order valence-electron chi connectivity index (χ2n) is 10.6. The van der Waals surface area contributed by atoms with Crippen molar-refractivity contribution in [1.29, 1.82) is 0 Å². The molecular formula is C30H45NO4S. The van der Waals surface area contributed by atoms with Crippen LogP contribution in [0.25, 0.3) is 0 Å². The molecule has 36 heavy (non-hydrogen) atoms. The molecule has 0 radical (unpaired) electrons. The number of benzene rings is 2. The summed E-state index contributed by atoms with van der Waals surface area (Å²) in [5, 5.41) is 12.2. The average Bonchev–Trinajstić information content (AvgIpc) is 2.93. The first-order chi connectivity index (χ1) is 17.2. The highest BCUT2D eigenvalue weighted by atomic mass is 32.2. The van der Waals surface area contributed by atoms with E-state index >= 15 is 0 Å². The van der Waals surface area contributed by atoms with E-state index in [-0.39, 0.29) is 5.75 Å². The van der Waals surface area contributed by atoms with Gasteiger partial charge >= 0.3 is 0 Å². The Bertz CT molecular complexity index is 1070. The van der Waals surface area contributed by atoms with E-state index in [0.717, 1.165) is 55.5 Å². The summed E-state index contributed by atoms with van der Waals surface area (Å²) < 4.78 is 33.7. The van der Waals surface area contributed by atoms with Crippen LogP contribution in [0, 0.1) is 5.41 Å². The second kappa shape index (κ2) is 12.5. The minimum absolute atomic E-state index is 0.00973. The molecule has 1 aliphatic heterocycles. The van der Waals surface area contributed by atoms with Gasteiger partial charge in [-0.2, -0.15) is 0 Å². The van der Waals surface area contributed by atoms with Gasteiger partial charge in [-0.1, -0.05) is 65.0 Å². The Morgan fingerprint density at radius 1 is 0.944 bits per heavy atom. The standard InChI is InChI=1S/C30H45NO4S/c1-6-9-18-30(19-10-7-2)22-36(33,34)27-17-14-24(31(4)5)21-26(27)28(29(30)32)23-12-15-25(16-13-23)35-20-11-8-3/h12-17,21,28-29,32H,6-11,18-20,22H2,1-5H3/t28-,29-/m1/s1. The van der Waals surface area contributed by atoms with Crippen molar-refractivity contribution in [3.63, 3.8) is 0 Å². The Kier molecular flexibility index (Phi) is 9.87. The quantitative estimate of drug-likeness (QED) is 0.324. The molecule has 200 valence electrons. The summed E-state index contributed by atoms with van der Waals surface area (Å²) >= 11 is 0. The zero-order valence-corrected chi connectivity index (χ0v) is 23.6. The summed E-state index contributed by atoms with van der Waals surface area (Å²) in [5.74, 6) is 0.355. The molecule has 2 aromatic rings. The highest BCUT2D eigenvalue weighted by Gasteiger charge is 2.49. The van der Waals surface area contributed by atoms with Crippen molar-refractivity contribution >= 4 is 15.5 Å². The van der Waals surface area contributed by atoms with Crippen LogP contribution in [0.5, 0.6) is 5.75 Å². The van der Waals surface area contributed by atoms with Crippen LogP contribution in [-0.2, 0) is 9.84 Å². The molecule has 0 spiro atoms. The number of sulfone groups is 1. The number of fused-ring (bicyclic) bond motifs is 1. The van der Waals surface area contributed by atoms with Gasteiger partial charge < -0.3 is 14.7 Å². The number of aliphatic hydroxyl groups is 1. The third-order valence-electron chi connectivity index (χ3n) is 7.66. The maximum absolute atomic E-state index is 13.9. The van der Waals surface area contributed by atoms with Crippen LogP contribution in [0.2, 0.25) is 0 Å². The molecule has 0 saturated heterocycles. The molecule has 0 bridgehead atoms. The first-order valence-corrected chi connectivity index (χ1v) is 15.3. The molecule has 2 atom stereocenters. The molecule has 1 N–H and O–H groups in total. The van der Waals surface area contributed by atoms with E-state index in [1.54, 1.807) is 6.07 Å². The number of unbranched alkanes of at least 4 members (excludes halogenated alkanes) is 3. The predicted octanol–water partition coefficient (Wildman–Crippen LogP) is 6.58. The van der Waals surface area contributed by atoms with Crippen molar-refractivity contribution in [1.82, 2.24) is 0 Å². The number of aliphatic hydroxyl groups excluding tert-OH is 1. The van der Waals surface area contributed by atoms with Gasteiger partial charge in [0.25, 0.3) is 0 Å². The SMILES string of the molecule is CCCCOc1ccc([C@@H]2c3cc(N(C)C)ccc3S(=O)(=O)CC(CCCC)(CCCC)[C@@H]2O)cc1. The monoisotopic (exact) mass is 515 g/mol. The molecule has 0 amide bonds. The molecule has 0 saturated carbocycles. The molecule has 0 fully saturated rings. The molecule has 0 unspecified atom stereocenters. The zero-order chi connectivity index (χ0) is 26.3. The molecule has 0 aliphatic carbocycles. The van der Waals surface area contributed by atoms with Gasteiger partial charge in [0, 0.05) is 31.1 Å². The highest BCUT2D eigenvalue weighted by Crippen LogP contribution is 2.50. The lowest BCUT2D eigenvalue weighted by Crippen LogP contribution is -2.43. The van der Waals surface area contributed by atoms with E-state index in [4.69, 9.17) is 4.74 Å². The average molecular weight is 516 g/mol. The van der Waals surface area contributed by atoms with E-state index < -0.39 is 27.3 Å². The first kappa shape index (κ1) is 28.5. The number of ether oxygens (including phenoxy) is 1. The van der Waals surface area contributed by atoms with Crippen LogP contribution < -0.4 is 9.64 Å². The zero-order valence-electron chi connectivity index (χ0n) is 22.8. The minimum Gasteiger partial charge on any atom is -0.494 e. The van der Waals surface area contributed by atoms with E-state index in [2.05, 4.69) is 20.8 Å². The summed E-state index contributed by atoms with van der Waals surface area (Å²) in [5.41, 5.74) is 1.86. The number of hydrogen-bond donors (Lipinski definition) is 1. The van der Waals surface area contributed by atoms with Gasteiger partial charge in [-0.15, -0.1) is 0 Å². The maximum Gasteiger partial charge on any atom is 0.179 e. The summed E-state index contributed by atoms with van der Waals surface area (Å²) in [4.78, 5) is 2.34. The number of rotatable bonds is 12. The Labute approximate surface area is 218 Å². The fourth-order valence-corrected chi connectivity index (χ4v) is 7.69. The van der Waals surface area contributed by atoms with Crippen LogP contribution >= 0.6 is 0 Å². The van der Waals surface area contributed by atoms with Crippen LogP contribution in [0.15, 0.2) is 47.4 Å². The van der Waals surface area contributed by atoms with Gasteiger partial charge in [0.1, 0.15) is 5.75 Å². The Hall–Kier alpha value is -2.05. The van der Waals surface area contributed by atoms with Crippen molar-refractivity contribution in [2.45, 2.75) is 89.1 Å². The summed E-state index contributed by atoms with van der Waals surface area (Å²) in [6, 6.07) is 13.5. The van der Waals surface area contributed by atoms with Crippen molar-refractivity contribution in [3.8, 4) is 5.75 Å². The predicted molar refractivity (Wildman–Crippen MR) is 149 cm³/mol. The third kappa shape index (κ3) is 6.25. The van der Waals surface area contributed by atoms with Crippen molar-refractivity contribution in [2.75, 3.05) is 31.4 Å². The van der Waals surface area contributed by atoms with Gasteiger partial charge in [0.05, 0.1) is 23.4 Å². The van der Waals surface area contributed by atoms with Gasteiger partial charge in [0.2, 0.25) is 0 Å². The lowest BCUT2D eigenvalue weighted by atomic mass is 9.68. The maximum atomic E-state index is 13.9. The first-order valence-electron chi connectivity index (χ1n) is 13.6. The molecular weight excluding hydrogens is 470 g/mol. The van der Waals surface area contributed by atoms with E-state index in [1.165, 1.54) is 0 Å². The fourth-order valence-electron chi connectivity index (χ4n) is 5.50. The Morgan fingerprint density at radius 2 is 1.56 bits per heavy atom. The largest absolute Gasteiger partial charge is 0.494 e. The Morgan fingerprint density at radius 3 is 2.11 bits per heavy atom. The van der Waals surface area contributed by atoms with Gasteiger partial charge in [-0.25, -0.2) is 8.42 Å². The number of hydrogen-bond acceptors (Lipinski definition) is 5. The topological polar surface area (TPSA) is 66.8 Å². The summed E-state index contributed by atoms with van der Waals surface area (Å²) in [6.45, 7) is 7.05. The van der Waals surface area contributed by atoms with E-state index in [9.17, 15) is 13.5 Å². The highest BCUT2D eigenvalue weighted by molar-refractivity contribution is 7.91. The van der Waals surface area contributed by atoms with Crippen LogP contribution in [0.3, 0.4) is 0 Å². The van der Waals surface area contributed by atoms with Crippen molar-refractivity contribution in [2.24, 2.45) is 5.41 Å². The van der Waals surface area contributed by atoms with Crippen molar-refractivity contribution in [3.05, 3.63) is 53.6 Å². The molecule has 0 aromatic heterocycles. The van der Waals surface area contributed by atoms with E-state index in [1.807, 2.05) is 55.4 Å².